The molecule has 92 valence electrons. The van der Waals surface area contributed by atoms with E-state index in [1.807, 2.05) is 12.1 Å². The molecule has 0 N–H and O–H groups in total. The van der Waals surface area contributed by atoms with Gasteiger partial charge in [-0.05, 0) is 66.4 Å². The van der Waals surface area contributed by atoms with Crippen LogP contribution >= 0.6 is 59.1 Å². The van der Waals surface area contributed by atoms with Gasteiger partial charge in [-0.15, -0.1) is 11.3 Å². The second-order valence-corrected chi connectivity index (χ2v) is 7.24. The van der Waals surface area contributed by atoms with Crippen molar-refractivity contribution in [1.29, 1.82) is 0 Å². The highest BCUT2D eigenvalue weighted by Gasteiger charge is 2.18. The molecule has 3 rings (SSSR count). The van der Waals surface area contributed by atoms with Gasteiger partial charge < -0.3 is 4.42 Å². The van der Waals surface area contributed by atoms with Gasteiger partial charge in [0, 0.05) is 9.17 Å². The summed E-state index contributed by atoms with van der Waals surface area (Å²) in [4.78, 5) is 0.0758. The van der Waals surface area contributed by atoms with E-state index in [9.17, 15) is 0 Å². The molecule has 1 nitrogen and oxygen atoms in total. The van der Waals surface area contributed by atoms with Gasteiger partial charge in [-0.2, -0.15) is 0 Å². The van der Waals surface area contributed by atoms with Crippen molar-refractivity contribution in [3.63, 3.8) is 0 Å². The molecule has 1 unspecified atom stereocenters. The van der Waals surface area contributed by atoms with Crippen LogP contribution < -0.4 is 0 Å². The van der Waals surface area contributed by atoms with Crippen LogP contribution in [-0.2, 0) is 0 Å². The molecule has 0 spiro atoms. The quantitative estimate of drug-likeness (QED) is 0.406. The van der Waals surface area contributed by atoms with Crippen LogP contribution in [0.4, 0.5) is 0 Å². The molecular formula is C13H7Br3OS. The van der Waals surface area contributed by atoms with E-state index in [0.717, 1.165) is 14.9 Å². The van der Waals surface area contributed by atoms with E-state index in [-0.39, 0.29) is 4.83 Å². The van der Waals surface area contributed by atoms with Crippen LogP contribution in [-0.4, -0.2) is 0 Å². The molecule has 0 saturated heterocycles. The average molecular weight is 451 g/mol. The molecule has 3 aromatic rings. The number of hydrogen-bond donors (Lipinski definition) is 0. The van der Waals surface area contributed by atoms with Gasteiger partial charge in [-0.3, -0.25) is 0 Å². The van der Waals surface area contributed by atoms with E-state index >= 15 is 0 Å². The number of alkyl halides is 1. The third kappa shape index (κ3) is 2.22. The summed E-state index contributed by atoms with van der Waals surface area (Å²) in [6.45, 7) is 0. The fraction of sp³-hybridized carbons (Fsp3) is 0.0769. The van der Waals surface area contributed by atoms with Gasteiger partial charge in [0.25, 0.3) is 0 Å². The Morgan fingerprint density at radius 2 is 1.94 bits per heavy atom. The topological polar surface area (TPSA) is 13.1 Å². The molecule has 2 heterocycles. The number of hydrogen-bond acceptors (Lipinski definition) is 2. The Morgan fingerprint density at radius 1 is 1.11 bits per heavy atom. The Kier molecular flexibility index (Phi) is 3.67. The van der Waals surface area contributed by atoms with Crippen LogP contribution in [0.2, 0.25) is 0 Å². The Balaban J connectivity index is 2.12. The molecule has 0 aliphatic carbocycles. The van der Waals surface area contributed by atoms with Gasteiger partial charge in [0.05, 0.1) is 4.83 Å². The Morgan fingerprint density at radius 3 is 2.67 bits per heavy atom. The second kappa shape index (κ2) is 5.12. The minimum atomic E-state index is 0.0758. The number of halogens is 3. The van der Waals surface area contributed by atoms with Gasteiger partial charge in [0.2, 0.25) is 0 Å². The number of thiophene rings is 1. The van der Waals surface area contributed by atoms with Crippen LogP contribution in [0, 0.1) is 0 Å². The van der Waals surface area contributed by atoms with Gasteiger partial charge in [0.15, 0.2) is 4.67 Å². The van der Waals surface area contributed by atoms with Crippen LogP contribution in [0.3, 0.4) is 0 Å². The molecule has 2 aromatic heterocycles. The molecule has 1 aromatic carbocycles. The molecule has 0 radical (unpaired) electrons. The first-order chi connectivity index (χ1) is 8.66. The molecule has 0 fully saturated rings. The van der Waals surface area contributed by atoms with Crippen molar-refractivity contribution in [2.75, 3.05) is 0 Å². The lowest BCUT2D eigenvalue weighted by Gasteiger charge is -2.05. The van der Waals surface area contributed by atoms with E-state index < -0.39 is 0 Å². The summed E-state index contributed by atoms with van der Waals surface area (Å²) in [5.41, 5.74) is 1.23. The SMILES string of the molecule is Brc1ccc(C(Br)c2csc3c(Br)cccc23)o1. The summed E-state index contributed by atoms with van der Waals surface area (Å²) >= 11 is 12.4. The maximum absolute atomic E-state index is 5.61. The third-order valence-electron chi connectivity index (χ3n) is 2.70. The first-order valence-corrected chi connectivity index (χ1v) is 8.60. The molecular weight excluding hydrogens is 444 g/mol. The lowest BCUT2D eigenvalue weighted by molar-refractivity contribution is 0.497. The summed E-state index contributed by atoms with van der Waals surface area (Å²) in [7, 11) is 0. The zero-order valence-electron chi connectivity index (χ0n) is 8.99. The maximum Gasteiger partial charge on any atom is 0.169 e. The average Bonchev–Trinajstić information content (AvgIpc) is 2.95. The van der Waals surface area contributed by atoms with Crippen molar-refractivity contribution in [3.05, 3.63) is 56.2 Å². The molecule has 0 aliphatic rings. The molecule has 18 heavy (non-hydrogen) atoms. The zero-order chi connectivity index (χ0) is 12.7. The second-order valence-electron chi connectivity index (χ2n) is 3.81. The summed E-state index contributed by atoms with van der Waals surface area (Å²) in [6.07, 6.45) is 0. The highest BCUT2D eigenvalue weighted by Crippen LogP contribution is 2.41. The van der Waals surface area contributed by atoms with Gasteiger partial charge in [0.1, 0.15) is 5.76 Å². The highest BCUT2D eigenvalue weighted by atomic mass is 79.9. The predicted octanol–water partition coefficient (Wildman–Crippen LogP) is 6.50. The van der Waals surface area contributed by atoms with E-state index in [4.69, 9.17) is 4.42 Å². The Labute approximate surface area is 134 Å². The van der Waals surface area contributed by atoms with Crippen molar-refractivity contribution < 1.29 is 4.42 Å². The summed E-state index contributed by atoms with van der Waals surface area (Å²) < 4.78 is 8.77. The first-order valence-electron chi connectivity index (χ1n) is 5.21. The van der Waals surface area contributed by atoms with Gasteiger partial charge in [-0.1, -0.05) is 28.1 Å². The van der Waals surface area contributed by atoms with Gasteiger partial charge in [-0.25, -0.2) is 0 Å². The van der Waals surface area contributed by atoms with E-state index in [2.05, 4.69) is 71.4 Å². The molecule has 0 aliphatic heterocycles. The lowest BCUT2D eigenvalue weighted by Crippen LogP contribution is -1.88. The Bertz CT molecular complexity index is 701. The zero-order valence-corrected chi connectivity index (χ0v) is 14.6. The van der Waals surface area contributed by atoms with Crippen molar-refractivity contribution in [2.24, 2.45) is 0 Å². The summed E-state index contributed by atoms with van der Waals surface area (Å²) in [6, 6.07) is 10.1. The lowest BCUT2D eigenvalue weighted by atomic mass is 10.1. The molecule has 5 heteroatoms. The molecule has 0 bridgehead atoms. The fourth-order valence-electron chi connectivity index (χ4n) is 1.86. The maximum atomic E-state index is 5.61. The van der Waals surface area contributed by atoms with E-state index in [1.165, 1.54) is 15.6 Å². The van der Waals surface area contributed by atoms with Crippen LogP contribution in [0.15, 0.2) is 49.3 Å². The van der Waals surface area contributed by atoms with Crippen molar-refractivity contribution in [1.82, 2.24) is 0 Å². The fourth-order valence-corrected chi connectivity index (χ4v) is 4.62. The van der Waals surface area contributed by atoms with E-state index in [0.29, 0.717) is 0 Å². The monoisotopic (exact) mass is 448 g/mol. The number of furan rings is 1. The van der Waals surface area contributed by atoms with Crippen molar-refractivity contribution in [3.8, 4) is 0 Å². The first kappa shape index (κ1) is 12.9. The third-order valence-corrected chi connectivity index (χ3v) is 6.04. The predicted molar refractivity (Wildman–Crippen MR) is 86.7 cm³/mol. The standard InChI is InChI=1S/C13H7Br3OS/c14-9-3-1-2-7-8(6-18-13(7)9)12(16)10-4-5-11(15)17-10/h1-6,12H. The highest BCUT2D eigenvalue weighted by molar-refractivity contribution is 9.11. The smallest absolute Gasteiger partial charge is 0.169 e. The van der Waals surface area contributed by atoms with Crippen molar-refractivity contribution >= 4 is 69.2 Å². The van der Waals surface area contributed by atoms with Gasteiger partial charge >= 0.3 is 0 Å². The van der Waals surface area contributed by atoms with Crippen LogP contribution in [0.25, 0.3) is 10.1 Å². The van der Waals surface area contributed by atoms with Crippen LogP contribution in [0.5, 0.6) is 0 Å². The number of fused-ring (bicyclic) bond motifs is 1. The molecule has 1 atom stereocenters. The summed E-state index contributed by atoms with van der Waals surface area (Å²) in [5.74, 6) is 0.904. The normalized spacial score (nSPS) is 13.1. The van der Waals surface area contributed by atoms with Crippen molar-refractivity contribution in [2.45, 2.75) is 4.83 Å². The Hall–Kier alpha value is -0.100. The minimum absolute atomic E-state index is 0.0758. The molecule has 0 saturated carbocycles. The van der Waals surface area contributed by atoms with E-state index in [1.54, 1.807) is 11.3 Å². The largest absolute Gasteiger partial charge is 0.453 e. The summed E-state index contributed by atoms with van der Waals surface area (Å²) in [5, 5.41) is 3.43. The number of benzene rings is 1. The minimum Gasteiger partial charge on any atom is -0.453 e. The number of rotatable bonds is 2. The van der Waals surface area contributed by atoms with Crippen LogP contribution in [0.1, 0.15) is 16.2 Å². The molecule has 0 amide bonds.